The number of alkyl halides is 1. The summed E-state index contributed by atoms with van der Waals surface area (Å²) < 4.78 is 79.5. The summed E-state index contributed by atoms with van der Waals surface area (Å²) in [5.74, 6) is 0.885. The van der Waals surface area contributed by atoms with Gasteiger partial charge in [0.2, 0.25) is 0 Å². The van der Waals surface area contributed by atoms with Gasteiger partial charge in [-0.25, -0.2) is 0 Å². The second kappa shape index (κ2) is 33.9. The highest BCUT2D eigenvalue weighted by Crippen LogP contribution is 2.39. The summed E-state index contributed by atoms with van der Waals surface area (Å²) in [4.78, 5) is 2.68. The predicted octanol–water partition coefficient (Wildman–Crippen LogP) is -11.3. The van der Waals surface area contributed by atoms with Crippen molar-refractivity contribution in [3.63, 3.8) is 0 Å². The molecule has 36 atom stereocenters. The molecule has 22 aliphatic heterocycles. The van der Waals surface area contributed by atoms with Crippen LogP contribution in [0.15, 0.2) is 0 Å². The zero-order chi connectivity index (χ0) is 67.4. The third-order valence-corrected chi connectivity index (χ3v) is 18.7. The van der Waals surface area contributed by atoms with Gasteiger partial charge in [0, 0.05) is 18.4 Å². The maximum atomic E-state index is 11.3. The van der Waals surface area contributed by atoms with Gasteiger partial charge in [0.1, 0.15) is 171 Å². The van der Waals surface area contributed by atoms with E-state index in [9.17, 15) is 107 Å². The molecule has 22 rings (SSSR count). The minimum Gasteiger partial charge on any atom is -0.394 e. The average Bonchev–Trinajstić information content (AvgIpc) is 1.06. The molecule has 21 N–H and O–H groups in total. The molecule has 22 heterocycles. The van der Waals surface area contributed by atoms with Crippen molar-refractivity contribution in [2.45, 2.75) is 261 Å². The SMILES string of the molecule is CC1CCC(C)(C)CN(CCCCBr)C1.OC[C@H]1O[C@@H]2O[C@H]3[C@H](O)[C@@H](O)[C@@H](O[C@H]4[C@H](O)[C@@H](O)[C@@H](O[C@H]5[C@H](O)[C@@H](O)[C@@H](O[C@H]6[C@@H](O)[C@H](O)[C@@H](O[C@H]7[C@@H](O)[C@H](O)[C@@H](O[C@H]8[C@@H](O)[C@H](O)[C@@H](O[C@H]1[C@H](O)[C@H]2O)O[C@@H]8CO)O[C@@H]7CO)O[C@@H]6CO)O[C@@H]5CO)O[C@@H]4CO)O[C@@H]3CO. The Morgan fingerprint density at radius 1 is 0.326 bits per heavy atom. The fraction of sp³-hybridized carbons (Fsp3) is 1.00. The van der Waals surface area contributed by atoms with Crippen LogP contribution in [0.2, 0.25) is 0 Å². The van der Waals surface area contributed by atoms with E-state index < -0.39 is 261 Å². The van der Waals surface area contributed by atoms with Crippen LogP contribution in [-0.4, -0.2) is 398 Å². The molecule has 37 heteroatoms. The smallest absolute Gasteiger partial charge is 0.187 e. The van der Waals surface area contributed by atoms with Crippen LogP contribution in [0.4, 0.5) is 0 Å². The summed E-state index contributed by atoms with van der Waals surface area (Å²) in [7, 11) is 0. The molecule has 0 saturated carbocycles. The Kier molecular flexibility index (Phi) is 28.3. The predicted molar refractivity (Wildman–Crippen MR) is 300 cm³/mol. The zero-order valence-electron chi connectivity index (χ0n) is 50.8. The fourth-order valence-electron chi connectivity index (χ4n) is 12.9. The van der Waals surface area contributed by atoms with Crippen LogP contribution in [0.5, 0.6) is 0 Å². The lowest BCUT2D eigenvalue weighted by atomic mass is 9.87. The molecule has 0 aromatic heterocycles. The van der Waals surface area contributed by atoms with Gasteiger partial charge in [0.05, 0.1) is 46.2 Å². The molecule has 0 spiro atoms. The molecule has 0 aliphatic carbocycles. The van der Waals surface area contributed by atoms with Crippen molar-refractivity contribution in [2.24, 2.45) is 11.3 Å². The van der Waals surface area contributed by atoms with Crippen molar-refractivity contribution in [1.29, 1.82) is 0 Å². The third kappa shape index (κ3) is 17.1. The Hall–Kier alpha value is -0.960. The van der Waals surface area contributed by atoms with E-state index in [4.69, 9.17) is 66.3 Å². The molecular weight excluding hydrogens is 1310 g/mol. The summed E-state index contributed by atoms with van der Waals surface area (Å²) in [6.07, 6.45) is -64.8. The minimum absolute atomic E-state index is 0.527. The summed E-state index contributed by atoms with van der Waals surface area (Å²) in [6, 6.07) is 0. The molecule has 14 bridgehead atoms. The van der Waals surface area contributed by atoms with E-state index in [2.05, 4.69) is 41.6 Å². The summed E-state index contributed by atoms with van der Waals surface area (Å²) in [5.41, 5.74) is 0.527. The number of ether oxygens (including phenoxy) is 14. The molecule has 36 nitrogen and oxygen atoms in total. The van der Waals surface area contributed by atoms with E-state index in [0.29, 0.717) is 5.41 Å². The quantitative estimate of drug-likeness (QED) is 0.0675. The highest BCUT2D eigenvalue weighted by molar-refractivity contribution is 9.09. The Labute approximate surface area is 536 Å². The highest BCUT2D eigenvalue weighted by Gasteiger charge is 2.59. The van der Waals surface area contributed by atoms with E-state index in [1.807, 2.05) is 0 Å². The van der Waals surface area contributed by atoms with Gasteiger partial charge in [-0.2, -0.15) is 0 Å². The Morgan fingerprint density at radius 2 is 0.533 bits per heavy atom. The van der Waals surface area contributed by atoms with E-state index in [1.165, 1.54) is 45.3 Å². The van der Waals surface area contributed by atoms with Gasteiger partial charge in [-0.3, -0.25) is 0 Å². The largest absolute Gasteiger partial charge is 0.394 e. The van der Waals surface area contributed by atoms with Crippen LogP contribution >= 0.6 is 15.9 Å². The van der Waals surface area contributed by atoms with Crippen LogP contribution < -0.4 is 0 Å². The molecule has 0 aromatic rings. The van der Waals surface area contributed by atoms with Crippen molar-refractivity contribution >= 4 is 15.9 Å². The number of hydrogen-bond acceptors (Lipinski definition) is 36. The van der Waals surface area contributed by atoms with Crippen LogP contribution in [0, 0.1) is 11.3 Å². The molecule has 92 heavy (non-hydrogen) atoms. The molecule has 0 amide bonds. The maximum absolute atomic E-state index is 11.3. The fourth-order valence-corrected chi connectivity index (χ4v) is 13.3. The molecule has 1 unspecified atom stereocenters. The van der Waals surface area contributed by atoms with Gasteiger partial charge in [0.15, 0.2) is 44.0 Å². The van der Waals surface area contributed by atoms with Crippen LogP contribution in [0.25, 0.3) is 0 Å². The Balaban J connectivity index is 0.000000637. The number of halogens is 1. The van der Waals surface area contributed by atoms with Gasteiger partial charge in [-0.1, -0.05) is 36.7 Å². The first-order valence-corrected chi connectivity index (χ1v) is 32.1. The monoisotopic (exact) mass is 1410 g/mol. The third-order valence-electron chi connectivity index (χ3n) is 18.2. The molecular formula is C55H96BrNO35. The van der Waals surface area contributed by atoms with Crippen molar-refractivity contribution in [3.05, 3.63) is 0 Å². The normalized spacial score (nSPS) is 50.8. The molecule has 22 saturated heterocycles. The lowest BCUT2D eigenvalue weighted by Gasteiger charge is -2.50. The van der Waals surface area contributed by atoms with Crippen molar-refractivity contribution < 1.29 is 174 Å². The van der Waals surface area contributed by atoms with Crippen molar-refractivity contribution in [3.8, 4) is 0 Å². The number of unbranched alkanes of at least 4 members (excludes halogenated alkanes) is 1. The maximum Gasteiger partial charge on any atom is 0.187 e. The molecule has 0 aromatic carbocycles. The lowest BCUT2D eigenvalue weighted by molar-refractivity contribution is -0.396. The summed E-state index contributed by atoms with van der Waals surface area (Å²) in [6.45, 7) is 3.81. The number of aliphatic hydroxyl groups is 21. The van der Waals surface area contributed by atoms with Gasteiger partial charge >= 0.3 is 0 Å². The van der Waals surface area contributed by atoms with E-state index in [-0.39, 0.29) is 0 Å². The topological polar surface area (TPSA) is 557 Å². The van der Waals surface area contributed by atoms with Gasteiger partial charge in [-0.05, 0) is 43.6 Å². The minimum atomic E-state index is -2.21. The average molecular weight is 1410 g/mol. The Morgan fingerprint density at radius 3 is 0.717 bits per heavy atom. The zero-order valence-corrected chi connectivity index (χ0v) is 52.4. The first-order valence-electron chi connectivity index (χ1n) is 30.9. The Bertz CT molecular complexity index is 1830. The van der Waals surface area contributed by atoms with Crippen LogP contribution in [-0.2, 0) is 66.3 Å². The number of likely N-dealkylation sites (tertiary alicyclic amines) is 1. The molecule has 0 radical (unpaired) electrons. The van der Waals surface area contributed by atoms with Crippen molar-refractivity contribution in [2.75, 3.05) is 71.2 Å². The second-order valence-corrected chi connectivity index (χ2v) is 26.4. The van der Waals surface area contributed by atoms with E-state index in [0.717, 1.165) is 11.2 Å². The number of nitrogens with zero attached hydrogens (tertiary/aromatic N) is 1. The molecule has 22 fully saturated rings. The van der Waals surface area contributed by atoms with Gasteiger partial charge in [0.25, 0.3) is 0 Å². The van der Waals surface area contributed by atoms with Crippen LogP contribution in [0.1, 0.15) is 46.5 Å². The van der Waals surface area contributed by atoms with E-state index in [1.54, 1.807) is 0 Å². The second-order valence-electron chi connectivity index (χ2n) is 25.6. The van der Waals surface area contributed by atoms with Gasteiger partial charge in [-0.15, -0.1) is 0 Å². The summed E-state index contributed by atoms with van der Waals surface area (Å²) >= 11 is 3.51. The highest BCUT2D eigenvalue weighted by atomic mass is 79.9. The van der Waals surface area contributed by atoms with Gasteiger partial charge < -0.3 is 178 Å². The first-order chi connectivity index (χ1) is 43.7. The van der Waals surface area contributed by atoms with Crippen molar-refractivity contribution in [1.82, 2.24) is 4.90 Å². The first kappa shape index (κ1) is 76.8. The number of rotatable bonds is 11. The lowest BCUT2D eigenvalue weighted by Crippen LogP contribution is -2.68. The molecule has 538 valence electrons. The van der Waals surface area contributed by atoms with E-state index >= 15 is 0 Å². The standard InChI is InChI=1S/C42H70O35.C13H26BrN/c43-1-8-29-15(50)22(57)36(64-8)72-30-9(2-44)66-38(24(59)17(30)52)74-32-11(4-46)68-40(26(61)19(32)54)76-34-13(6-48)70-42(28(63)21(34)56)77-35-14(7-49)69-41(27(62)20(35)55)75-33-12(5-47)67-39(25(60)18(33)53)73-31-10(3-45)65-37(71-29)23(58)16(31)51;1-12-6-7-13(2,3)11-15(10-12)9-5-4-8-14/h8-63H,1-7H2;12H,4-11H2,1-3H3/t8-,9-,10-,11-,12-,13-,14-,15-,16-,17-,18-,19+,20+,21+,22-,23-,24-,25-,26+,27+,28+,29-,30-,31-,32-,33-,34-,35-,36-,37-,38-,39-,40-,41-,42-;/m1./s1. The number of aliphatic hydroxyl groups excluding tert-OH is 21. The number of hydrogen-bond donors (Lipinski definition) is 21. The summed E-state index contributed by atoms with van der Waals surface area (Å²) in [5, 5.41) is 231. The van der Waals surface area contributed by atoms with Crippen LogP contribution in [0.3, 0.4) is 0 Å². The molecule has 22 aliphatic rings.